The highest BCUT2D eigenvalue weighted by Gasteiger charge is 2.28. The lowest BCUT2D eigenvalue weighted by atomic mass is 10.1. The van der Waals surface area contributed by atoms with Gasteiger partial charge in [0.25, 0.3) is 11.5 Å². The molecular weight excluding hydrogens is 436 g/mol. The fourth-order valence-electron chi connectivity index (χ4n) is 3.45. The third kappa shape index (κ3) is 4.85. The molecule has 2 heterocycles. The van der Waals surface area contributed by atoms with Gasteiger partial charge in [0.15, 0.2) is 5.65 Å². The summed E-state index contributed by atoms with van der Waals surface area (Å²) >= 11 is 7.51. The van der Waals surface area contributed by atoms with Gasteiger partial charge in [0, 0.05) is 40.4 Å². The summed E-state index contributed by atoms with van der Waals surface area (Å²) in [5, 5.41) is 3.75. The van der Waals surface area contributed by atoms with E-state index in [1.165, 1.54) is 4.57 Å². The number of aromatic amines is 1. The Kier molecular flexibility index (Phi) is 6.48. The van der Waals surface area contributed by atoms with Gasteiger partial charge in [-0.3, -0.25) is 19.1 Å². The van der Waals surface area contributed by atoms with Crippen LogP contribution in [0.25, 0.3) is 11.0 Å². The molecule has 9 heteroatoms. The summed E-state index contributed by atoms with van der Waals surface area (Å²) in [6.07, 6.45) is 2.71. The summed E-state index contributed by atoms with van der Waals surface area (Å²) in [5.41, 5.74) is 0.256. The lowest BCUT2D eigenvalue weighted by Crippen LogP contribution is -2.34. The van der Waals surface area contributed by atoms with Crippen molar-refractivity contribution in [3.05, 3.63) is 67.4 Å². The maximum absolute atomic E-state index is 13.0. The Morgan fingerprint density at radius 3 is 2.71 bits per heavy atom. The van der Waals surface area contributed by atoms with E-state index in [1.807, 2.05) is 31.2 Å². The average molecular weight is 459 g/mol. The van der Waals surface area contributed by atoms with E-state index >= 15 is 0 Å². The average Bonchev–Trinajstić information content (AvgIpc) is 3.60. The Morgan fingerprint density at radius 1 is 1.29 bits per heavy atom. The molecule has 1 saturated carbocycles. The number of pyridine rings is 1. The minimum absolute atomic E-state index is 0.167. The molecule has 0 aliphatic heterocycles. The second-order valence-corrected chi connectivity index (χ2v) is 9.14. The molecule has 4 rings (SSSR count). The van der Waals surface area contributed by atoms with Crippen molar-refractivity contribution in [2.24, 2.45) is 0 Å². The summed E-state index contributed by atoms with van der Waals surface area (Å²) < 4.78 is 1.45. The second kappa shape index (κ2) is 9.28. The van der Waals surface area contributed by atoms with Gasteiger partial charge in [0.05, 0.1) is 10.9 Å². The van der Waals surface area contributed by atoms with E-state index in [9.17, 15) is 14.4 Å². The largest absolute Gasteiger partial charge is 0.351 e. The number of nitrogens with zero attached hydrogens (tertiary/aromatic N) is 2. The van der Waals surface area contributed by atoms with E-state index in [0.29, 0.717) is 35.9 Å². The molecule has 1 fully saturated rings. The van der Waals surface area contributed by atoms with Gasteiger partial charge in [-0.25, -0.2) is 9.78 Å². The van der Waals surface area contributed by atoms with Crippen LogP contribution in [0.2, 0.25) is 5.02 Å². The van der Waals surface area contributed by atoms with Crippen LogP contribution >= 0.6 is 23.4 Å². The minimum Gasteiger partial charge on any atom is -0.351 e. The van der Waals surface area contributed by atoms with Gasteiger partial charge in [-0.2, -0.15) is 0 Å². The van der Waals surface area contributed by atoms with Crippen LogP contribution in [-0.4, -0.2) is 32.7 Å². The first-order valence-electron chi connectivity index (χ1n) is 10.3. The van der Waals surface area contributed by atoms with Crippen molar-refractivity contribution in [3.63, 3.8) is 0 Å². The smallest absolute Gasteiger partial charge is 0.329 e. The van der Waals surface area contributed by atoms with Gasteiger partial charge < -0.3 is 5.32 Å². The van der Waals surface area contributed by atoms with E-state index < -0.39 is 11.2 Å². The number of fused-ring (bicyclic) bond motifs is 1. The zero-order valence-electron chi connectivity index (χ0n) is 17.1. The highest BCUT2D eigenvalue weighted by Crippen LogP contribution is 2.39. The predicted octanol–water partition coefficient (Wildman–Crippen LogP) is 3.55. The van der Waals surface area contributed by atoms with Crippen molar-refractivity contribution in [3.8, 4) is 0 Å². The SMILES string of the molecule is CCCn1c(=O)[nH]c(=O)c2c(C(=O)NCCSc3ccc(Cl)cc3)cc(C3CC3)nc21. The second-order valence-electron chi connectivity index (χ2n) is 7.54. The van der Waals surface area contributed by atoms with Gasteiger partial charge in [0.2, 0.25) is 0 Å². The lowest BCUT2D eigenvalue weighted by molar-refractivity contribution is 0.0957. The van der Waals surface area contributed by atoms with Gasteiger partial charge in [-0.1, -0.05) is 18.5 Å². The molecule has 3 aromatic rings. The molecular formula is C22H23ClN4O3S. The monoisotopic (exact) mass is 458 g/mol. The topological polar surface area (TPSA) is 96.9 Å². The van der Waals surface area contributed by atoms with Crippen LogP contribution in [0.5, 0.6) is 0 Å². The molecule has 0 atom stereocenters. The Hall–Kier alpha value is -2.58. The van der Waals surface area contributed by atoms with Crippen molar-refractivity contribution >= 4 is 40.3 Å². The number of carbonyl (C=O) groups excluding carboxylic acids is 1. The summed E-state index contributed by atoms with van der Waals surface area (Å²) in [6.45, 7) is 2.80. The third-order valence-electron chi connectivity index (χ3n) is 5.13. The van der Waals surface area contributed by atoms with E-state index in [0.717, 1.165) is 23.4 Å². The zero-order valence-corrected chi connectivity index (χ0v) is 18.7. The number of hydrogen-bond donors (Lipinski definition) is 2. The molecule has 2 aromatic heterocycles. The standard InChI is InChI=1S/C22H23ClN4O3S/c1-2-10-27-19-18(21(29)26-22(27)30)16(12-17(25-19)13-3-4-13)20(28)24-9-11-31-15-7-5-14(23)6-8-15/h5-8,12-13H,2-4,9-11H2,1H3,(H,24,28)(H,26,29,30). The Bertz CT molecular complexity index is 1230. The molecule has 1 aromatic carbocycles. The molecule has 31 heavy (non-hydrogen) atoms. The quantitative estimate of drug-likeness (QED) is 0.397. The molecule has 0 spiro atoms. The molecule has 0 radical (unpaired) electrons. The maximum atomic E-state index is 13.0. The molecule has 2 N–H and O–H groups in total. The van der Waals surface area contributed by atoms with Gasteiger partial charge in [-0.05, 0) is 49.6 Å². The number of H-pyrrole nitrogens is 1. The number of nitrogens with one attached hydrogen (secondary N) is 2. The Morgan fingerprint density at radius 2 is 2.03 bits per heavy atom. The molecule has 162 valence electrons. The van der Waals surface area contributed by atoms with Crippen molar-refractivity contribution in [1.29, 1.82) is 0 Å². The van der Waals surface area contributed by atoms with E-state index in [-0.39, 0.29) is 22.8 Å². The third-order valence-corrected chi connectivity index (χ3v) is 6.39. The lowest BCUT2D eigenvalue weighted by Gasteiger charge is -2.13. The number of halogens is 1. The van der Waals surface area contributed by atoms with Gasteiger partial charge >= 0.3 is 5.69 Å². The fraction of sp³-hybridized carbons (Fsp3) is 0.364. The van der Waals surface area contributed by atoms with Crippen LogP contribution < -0.4 is 16.6 Å². The molecule has 0 unspecified atom stereocenters. The van der Waals surface area contributed by atoms with E-state index in [2.05, 4.69) is 15.3 Å². The van der Waals surface area contributed by atoms with Crippen LogP contribution in [0.3, 0.4) is 0 Å². The molecule has 0 saturated heterocycles. The number of thioether (sulfide) groups is 1. The van der Waals surface area contributed by atoms with Crippen LogP contribution in [0.1, 0.15) is 48.2 Å². The number of carbonyl (C=O) groups is 1. The highest BCUT2D eigenvalue weighted by atomic mass is 35.5. The first kappa shape index (κ1) is 21.6. The summed E-state index contributed by atoms with van der Waals surface area (Å²) in [5.74, 6) is 0.613. The van der Waals surface area contributed by atoms with E-state index in [1.54, 1.807) is 17.8 Å². The van der Waals surface area contributed by atoms with Crippen molar-refractivity contribution in [2.45, 2.75) is 43.5 Å². The number of rotatable bonds is 8. The molecule has 1 aliphatic rings. The summed E-state index contributed by atoms with van der Waals surface area (Å²) in [7, 11) is 0. The van der Waals surface area contributed by atoms with Gasteiger partial charge in [-0.15, -0.1) is 11.8 Å². The fourth-order valence-corrected chi connectivity index (χ4v) is 4.35. The van der Waals surface area contributed by atoms with Gasteiger partial charge in [0.1, 0.15) is 0 Å². The van der Waals surface area contributed by atoms with E-state index in [4.69, 9.17) is 11.6 Å². The summed E-state index contributed by atoms with van der Waals surface area (Å²) in [4.78, 5) is 46.0. The minimum atomic E-state index is -0.581. The zero-order chi connectivity index (χ0) is 22.0. The molecule has 7 nitrogen and oxygen atoms in total. The van der Waals surface area contributed by atoms with Crippen molar-refractivity contribution in [2.75, 3.05) is 12.3 Å². The van der Waals surface area contributed by atoms with Crippen LogP contribution in [0, 0.1) is 0 Å². The first-order valence-corrected chi connectivity index (χ1v) is 11.7. The number of hydrogen-bond acceptors (Lipinski definition) is 5. The van der Waals surface area contributed by atoms with Crippen LogP contribution in [0.15, 0.2) is 44.8 Å². The van der Waals surface area contributed by atoms with Crippen LogP contribution in [-0.2, 0) is 6.54 Å². The maximum Gasteiger partial charge on any atom is 0.329 e. The normalized spacial score (nSPS) is 13.5. The Balaban J connectivity index is 1.60. The highest BCUT2D eigenvalue weighted by molar-refractivity contribution is 7.99. The number of aryl methyl sites for hydroxylation is 1. The van der Waals surface area contributed by atoms with Crippen molar-refractivity contribution in [1.82, 2.24) is 19.9 Å². The number of amides is 1. The summed E-state index contributed by atoms with van der Waals surface area (Å²) in [6, 6.07) is 9.22. The Labute approximate surface area is 188 Å². The van der Waals surface area contributed by atoms with Crippen molar-refractivity contribution < 1.29 is 4.79 Å². The molecule has 1 aliphatic carbocycles. The predicted molar refractivity (Wildman–Crippen MR) is 123 cm³/mol. The number of benzene rings is 1. The molecule has 0 bridgehead atoms. The number of aromatic nitrogens is 3. The molecule has 1 amide bonds. The van der Waals surface area contributed by atoms with Crippen LogP contribution in [0.4, 0.5) is 0 Å². The first-order chi connectivity index (χ1) is 15.0.